The molecule has 2 heterocycles. The predicted octanol–water partition coefficient (Wildman–Crippen LogP) is 1.13. The van der Waals surface area contributed by atoms with E-state index in [1.54, 1.807) is 16.9 Å². The molecule has 0 saturated carbocycles. The van der Waals surface area contributed by atoms with E-state index in [0.717, 1.165) is 11.4 Å². The average molecular weight is 232 g/mol. The zero-order valence-corrected chi connectivity index (χ0v) is 9.29. The zero-order valence-electron chi connectivity index (χ0n) is 9.29. The summed E-state index contributed by atoms with van der Waals surface area (Å²) < 4.78 is 1.77. The normalized spacial score (nSPS) is 10.2. The molecule has 0 saturated heterocycles. The molecule has 0 aliphatic heterocycles. The number of aromatic carboxylic acids is 1. The van der Waals surface area contributed by atoms with Gasteiger partial charge >= 0.3 is 5.97 Å². The second kappa shape index (κ2) is 4.65. The molecule has 6 nitrogen and oxygen atoms in total. The molecule has 2 N–H and O–H groups in total. The number of nitrogens with one attached hydrogen (secondary N) is 1. The molecule has 2 aromatic rings. The summed E-state index contributed by atoms with van der Waals surface area (Å²) in [5.74, 6) is -1.02. The van der Waals surface area contributed by atoms with Crippen molar-refractivity contribution in [2.24, 2.45) is 7.05 Å². The summed E-state index contributed by atoms with van der Waals surface area (Å²) in [6, 6.07) is 5.06. The van der Waals surface area contributed by atoms with Crippen LogP contribution in [-0.2, 0) is 13.6 Å². The molecule has 0 aliphatic rings. The molecule has 0 atom stereocenters. The van der Waals surface area contributed by atoms with E-state index in [2.05, 4.69) is 15.4 Å². The van der Waals surface area contributed by atoms with Crippen molar-refractivity contribution in [3.8, 4) is 0 Å². The number of hydrogen-bond acceptors (Lipinski definition) is 4. The highest BCUT2D eigenvalue weighted by molar-refractivity contribution is 5.85. The van der Waals surface area contributed by atoms with E-state index in [1.165, 1.54) is 12.3 Å². The van der Waals surface area contributed by atoms with Crippen molar-refractivity contribution in [1.29, 1.82) is 0 Å². The van der Waals surface area contributed by atoms with Gasteiger partial charge in [0.1, 0.15) is 5.69 Å². The minimum absolute atomic E-state index is 0.0380. The molecule has 0 spiro atoms. The minimum Gasteiger partial charge on any atom is -0.477 e. The number of aromatic nitrogens is 3. The summed E-state index contributed by atoms with van der Waals surface area (Å²) in [7, 11) is 1.86. The SMILES string of the molecule is Cn1nccc1CNc1ccc(C(=O)O)nc1. The van der Waals surface area contributed by atoms with Crippen LogP contribution in [0.5, 0.6) is 0 Å². The van der Waals surface area contributed by atoms with Crippen LogP contribution in [0.4, 0.5) is 5.69 Å². The number of carboxylic acids is 1. The first-order valence-electron chi connectivity index (χ1n) is 5.07. The molecule has 2 rings (SSSR count). The van der Waals surface area contributed by atoms with Gasteiger partial charge in [0.15, 0.2) is 0 Å². The second-order valence-electron chi connectivity index (χ2n) is 3.54. The number of pyridine rings is 1. The smallest absolute Gasteiger partial charge is 0.354 e. The Morgan fingerprint density at radius 1 is 1.47 bits per heavy atom. The Labute approximate surface area is 97.9 Å². The topological polar surface area (TPSA) is 80.0 Å². The lowest BCUT2D eigenvalue weighted by Gasteiger charge is -2.06. The fourth-order valence-electron chi connectivity index (χ4n) is 1.39. The van der Waals surface area contributed by atoms with E-state index in [1.807, 2.05) is 13.1 Å². The highest BCUT2D eigenvalue weighted by Crippen LogP contribution is 2.08. The fraction of sp³-hybridized carbons (Fsp3) is 0.182. The molecule has 17 heavy (non-hydrogen) atoms. The molecule has 0 bridgehead atoms. The van der Waals surface area contributed by atoms with Gasteiger partial charge < -0.3 is 10.4 Å². The Balaban J connectivity index is 2.00. The van der Waals surface area contributed by atoms with E-state index in [9.17, 15) is 4.79 Å². The molecule has 0 aromatic carbocycles. The van der Waals surface area contributed by atoms with Crippen molar-refractivity contribution in [2.75, 3.05) is 5.32 Å². The highest BCUT2D eigenvalue weighted by atomic mass is 16.4. The van der Waals surface area contributed by atoms with Crippen LogP contribution in [0.15, 0.2) is 30.6 Å². The van der Waals surface area contributed by atoms with Gasteiger partial charge in [0.2, 0.25) is 0 Å². The lowest BCUT2D eigenvalue weighted by molar-refractivity contribution is 0.0690. The average Bonchev–Trinajstić information content (AvgIpc) is 2.73. The first-order chi connectivity index (χ1) is 8.16. The molecule has 0 aliphatic carbocycles. The van der Waals surface area contributed by atoms with Crippen molar-refractivity contribution in [2.45, 2.75) is 6.54 Å². The summed E-state index contributed by atoms with van der Waals surface area (Å²) in [5, 5.41) is 15.9. The Morgan fingerprint density at radius 3 is 2.82 bits per heavy atom. The van der Waals surface area contributed by atoms with Crippen LogP contribution in [0.1, 0.15) is 16.2 Å². The van der Waals surface area contributed by atoms with E-state index < -0.39 is 5.97 Å². The number of rotatable bonds is 4. The predicted molar refractivity (Wildman–Crippen MR) is 61.7 cm³/mol. The zero-order chi connectivity index (χ0) is 12.3. The van der Waals surface area contributed by atoms with Gasteiger partial charge in [0, 0.05) is 13.2 Å². The van der Waals surface area contributed by atoms with Gasteiger partial charge in [-0.1, -0.05) is 0 Å². The lowest BCUT2D eigenvalue weighted by Crippen LogP contribution is -2.06. The molecular formula is C11H12N4O2. The third-order valence-electron chi connectivity index (χ3n) is 2.38. The van der Waals surface area contributed by atoms with Gasteiger partial charge in [-0.25, -0.2) is 9.78 Å². The largest absolute Gasteiger partial charge is 0.477 e. The first kappa shape index (κ1) is 11.1. The summed E-state index contributed by atoms with van der Waals surface area (Å²) >= 11 is 0. The van der Waals surface area contributed by atoms with E-state index >= 15 is 0 Å². The lowest BCUT2D eigenvalue weighted by atomic mass is 10.3. The monoisotopic (exact) mass is 232 g/mol. The van der Waals surface area contributed by atoms with Gasteiger partial charge in [0.25, 0.3) is 0 Å². The summed E-state index contributed by atoms with van der Waals surface area (Å²) in [6.45, 7) is 0.616. The molecule has 88 valence electrons. The quantitative estimate of drug-likeness (QED) is 0.825. The fourth-order valence-corrected chi connectivity index (χ4v) is 1.39. The highest BCUT2D eigenvalue weighted by Gasteiger charge is 2.03. The second-order valence-corrected chi connectivity index (χ2v) is 3.54. The number of carboxylic acid groups (broad SMARTS) is 1. The van der Waals surface area contributed by atoms with Crippen molar-refractivity contribution in [3.05, 3.63) is 42.0 Å². The summed E-state index contributed by atoms with van der Waals surface area (Å²) in [6.07, 6.45) is 3.22. The van der Waals surface area contributed by atoms with Gasteiger partial charge in [-0.3, -0.25) is 4.68 Å². The number of nitrogens with zero attached hydrogens (tertiary/aromatic N) is 3. The van der Waals surface area contributed by atoms with E-state index in [-0.39, 0.29) is 5.69 Å². The number of aryl methyl sites for hydroxylation is 1. The standard InChI is InChI=1S/C11H12N4O2/c1-15-9(4-5-14-15)7-12-8-2-3-10(11(16)17)13-6-8/h2-6,12H,7H2,1H3,(H,16,17). The van der Waals surface area contributed by atoms with Crippen LogP contribution < -0.4 is 5.32 Å². The third-order valence-corrected chi connectivity index (χ3v) is 2.38. The molecule has 0 radical (unpaired) electrons. The maximum atomic E-state index is 10.6. The maximum Gasteiger partial charge on any atom is 0.354 e. The molecule has 2 aromatic heterocycles. The Bertz CT molecular complexity index is 519. The van der Waals surface area contributed by atoms with Gasteiger partial charge in [-0.15, -0.1) is 0 Å². The van der Waals surface area contributed by atoms with Crippen molar-refractivity contribution in [3.63, 3.8) is 0 Å². The first-order valence-corrected chi connectivity index (χ1v) is 5.07. The van der Waals surface area contributed by atoms with E-state index in [0.29, 0.717) is 6.54 Å². The molecule has 6 heteroatoms. The van der Waals surface area contributed by atoms with Crippen molar-refractivity contribution < 1.29 is 9.90 Å². The molecular weight excluding hydrogens is 220 g/mol. The Morgan fingerprint density at radius 2 is 2.29 bits per heavy atom. The summed E-state index contributed by atoms with van der Waals surface area (Å²) in [4.78, 5) is 14.4. The van der Waals surface area contributed by atoms with Crippen LogP contribution in [-0.4, -0.2) is 25.8 Å². The van der Waals surface area contributed by atoms with Gasteiger partial charge in [0.05, 0.1) is 24.1 Å². The maximum absolute atomic E-state index is 10.6. The van der Waals surface area contributed by atoms with E-state index in [4.69, 9.17) is 5.11 Å². The molecule has 0 unspecified atom stereocenters. The Kier molecular flexibility index (Phi) is 3.04. The van der Waals surface area contributed by atoms with Crippen LogP contribution >= 0.6 is 0 Å². The van der Waals surface area contributed by atoms with Crippen LogP contribution in [0.2, 0.25) is 0 Å². The Hall–Kier alpha value is -2.37. The molecule has 0 fully saturated rings. The number of hydrogen-bond donors (Lipinski definition) is 2. The number of carbonyl (C=O) groups is 1. The van der Waals surface area contributed by atoms with Crippen LogP contribution in [0.3, 0.4) is 0 Å². The molecule has 0 amide bonds. The van der Waals surface area contributed by atoms with Gasteiger partial charge in [-0.05, 0) is 18.2 Å². The van der Waals surface area contributed by atoms with Crippen LogP contribution in [0, 0.1) is 0 Å². The summed E-state index contributed by atoms with van der Waals surface area (Å²) in [5.41, 5.74) is 1.85. The minimum atomic E-state index is -1.02. The van der Waals surface area contributed by atoms with Crippen LogP contribution in [0.25, 0.3) is 0 Å². The van der Waals surface area contributed by atoms with Crippen molar-refractivity contribution in [1.82, 2.24) is 14.8 Å². The third kappa shape index (κ3) is 2.60. The number of anilines is 1. The van der Waals surface area contributed by atoms with Gasteiger partial charge in [-0.2, -0.15) is 5.10 Å². The van der Waals surface area contributed by atoms with Crippen molar-refractivity contribution >= 4 is 11.7 Å².